The van der Waals surface area contributed by atoms with Gasteiger partial charge < -0.3 is 10.3 Å². The number of aromatic nitrogens is 5. The molecule has 0 saturated carbocycles. The third-order valence-corrected chi connectivity index (χ3v) is 5.70. The Hall–Kier alpha value is -3.53. The number of anilines is 1. The first-order chi connectivity index (χ1) is 15.4. The average Bonchev–Trinajstić information content (AvgIpc) is 3.15. The summed E-state index contributed by atoms with van der Waals surface area (Å²) in [5.41, 5.74) is 3.81. The van der Waals surface area contributed by atoms with Crippen LogP contribution < -0.4 is 10.9 Å². The van der Waals surface area contributed by atoms with Crippen molar-refractivity contribution in [2.45, 2.75) is 26.1 Å². The van der Waals surface area contributed by atoms with Gasteiger partial charge in [0, 0.05) is 12.1 Å². The molecule has 1 amide bonds. The lowest BCUT2D eigenvalue weighted by molar-refractivity contribution is -0.113. The number of aromatic amines is 1. The zero-order valence-electron chi connectivity index (χ0n) is 17.6. The van der Waals surface area contributed by atoms with Gasteiger partial charge >= 0.3 is 0 Å². The van der Waals surface area contributed by atoms with E-state index in [1.165, 1.54) is 28.6 Å². The summed E-state index contributed by atoms with van der Waals surface area (Å²) in [5, 5.41) is 10.8. The Labute approximate surface area is 187 Å². The zero-order valence-corrected chi connectivity index (χ0v) is 18.4. The Morgan fingerprint density at radius 3 is 2.72 bits per heavy atom. The molecule has 0 aliphatic rings. The Balaban J connectivity index is 1.42. The molecule has 0 saturated heterocycles. The number of carbonyl (C=O) groups is 1. The number of benzene rings is 2. The van der Waals surface area contributed by atoms with Crippen LogP contribution >= 0.6 is 11.8 Å². The number of thioether (sulfide) groups is 1. The highest BCUT2D eigenvalue weighted by atomic mass is 32.2. The van der Waals surface area contributed by atoms with Crippen LogP contribution in [-0.2, 0) is 17.1 Å². The molecule has 0 aliphatic heterocycles. The highest BCUT2D eigenvalue weighted by Crippen LogP contribution is 2.17. The minimum absolute atomic E-state index is 0.130. The summed E-state index contributed by atoms with van der Waals surface area (Å²) >= 11 is 1.33. The summed E-state index contributed by atoms with van der Waals surface area (Å²) in [7, 11) is 0. The van der Waals surface area contributed by atoms with E-state index in [1.807, 2.05) is 32.0 Å². The smallest absolute Gasteiger partial charge is 0.281 e. The quantitative estimate of drug-likeness (QED) is 0.446. The second-order valence-electron chi connectivity index (χ2n) is 7.42. The van der Waals surface area contributed by atoms with Crippen LogP contribution in [0.1, 0.15) is 22.5 Å². The monoisotopic (exact) mass is 452 g/mol. The van der Waals surface area contributed by atoms with Crippen LogP contribution in [0.4, 0.5) is 10.1 Å². The molecule has 8 nitrogen and oxygen atoms in total. The fourth-order valence-corrected chi connectivity index (χ4v) is 3.94. The summed E-state index contributed by atoms with van der Waals surface area (Å²) in [6.07, 6.45) is 0.335. The van der Waals surface area contributed by atoms with Gasteiger partial charge in [0.15, 0.2) is 11.2 Å². The van der Waals surface area contributed by atoms with Crippen molar-refractivity contribution < 1.29 is 9.18 Å². The largest absolute Gasteiger partial charge is 0.325 e. The minimum atomic E-state index is -0.393. The van der Waals surface area contributed by atoms with Gasteiger partial charge in [0.25, 0.3) is 5.56 Å². The summed E-state index contributed by atoms with van der Waals surface area (Å²) in [5.74, 6) is 0.486. The number of carbonyl (C=O) groups excluding carboxylic acids is 1. The van der Waals surface area contributed by atoms with E-state index in [0.717, 1.165) is 22.4 Å². The number of hydrogen-bond acceptors (Lipinski definition) is 6. The van der Waals surface area contributed by atoms with Crippen molar-refractivity contribution >= 4 is 34.5 Å². The molecule has 2 aromatic heterocycles. The highest BCUT2D eigenvalue weighted by Gasteiger charge is 2.13. The Bertz CT molecular complexity index is 1330. The molecule has 4 rings (SSSR count). The molecule has 0 fully saturated rings. The maximum Gasteiger partial charge on any atom is 0.281 e. The first kappa shape index (κ1) is 21.7. The number of halogens is 1. The molecular weight excluding hydrogens is 431 g/mol. The number of aryl methyl sites for hydroxylation is 2. The second-order valence-corrected chi connectivity index (χ2v) is 8.38. The fraction of sp³-hybridized carbons (Fsp3) is 0.227. The van der Waals surface area contributed by atoms with Gasteiger partial charge in [-0.25, -0.2) is 14.1 Å². The fourth-order valence-electron chi connectivity index (χ4n) is 3.24. The molecule has 2 heterocycles. The first-order valence-electron chi connectivity index (χ1n) is 9.91. The number of nitrogens with zero attached hydrogens (tertiary/aromatic N) is 4. The summed E-state index contributed by atoms with van der Waals surface area (Å²) in [4.78, 5) is 31.8. The van der Waals surface area contributed by atoms with Crippen molar-refractivity contribution in [2.24, 2.45) is 0 Å². The van der Waals surface area contributed by atoms with Crippen molar-refractivity contribution in [2.75, 3.05) is 11.1 Å². The summed E-state index contributed by atoms with van der Waals surface area (Å²) < 4.78 is 14.6. The van der Waals surface area contributed by atoms with Gasteiger partial charge in [0.2, 0.25) is 5.91 Å². The van der Waals surface area contributed by atoms with Gasteiger partial charge in [-0.2, -0.15) is 0 Å². The molecule has 0 aliphatic carbocycles. The van der Waals surface area contributed by atoms with E-state index in [-0.39, 0.29) is 23.0 Å². The molecule has 2 aromatic carbocycles. The SMILES string of the molecule is Cc1ccc(NC(=O)CSCn2nnc3c(=O)[nH]c(Cc4ccc(F)cc4)nc32)c(C)c1. The van der Waals surface area contributed by atoms with Crippen molar-refractivity contribution in [1.82, 2.24) is 25.0 Å². The second kappa shape index (κ2) is 9.31. The predicted octanol–water partition coefficient (Wildman–Crippen LogP) is 3.19. The van der Waals surface area contributed by atoms with Crippen LogP contribution in [0.25, 0.3) is 11.2 Å². The van der Waals surface area contributed by atoms with E-state index in [1.54, 1.807) is 12.1 Å². The molecule has 10 heteroatoms. The van der Waals surface area contributed by atoms with Crippen LogP contribution in [0, 0.1) is 19.7 Å². The standard InChI is InChI=1S/C22H21FN6O2S/c1-13-3-8-17(14(2)9-13)24-19(30)11-32-12-29-21-20(27-28-29)22(31)26-18(25-21)10-15-4-6-16(23)7-5-15/h3-9H,10-12H2,1-2H3,(H,24,30)(H,25,26,31). The average molecular weight is 453 g/mol. The molecule has 32 heavy (non-hydrogen) atoms. The van der Waals surface area contributed by atoms with Gasteiger partial charge in [-0.15, -0.1) is 16.9 Å². The van der Waals surface area contributed by atoms with E-state index >= 15 is 0 Å². The number of nitrogens with one attached hydrogen (secondary N) is 2. The molecule has 0 unspecified atom stereocenters. The van der Waals surface area contributed by atoms with Crippen molar-refractivity contribution in [3.8, 4) is 0 Å². The number of H-pyrrole nitrogens is 1. The maximum absolute atomic E-state index is 13.1. The summed E-state index contributed by atoms with van der Waals surface area (Å²) in [6, 6.07) is 11.8. The lowest BCUT2D eigenvalue weighted by Gasteiger charge is -2.09. The maximum atomic E-state index is 13.1. The van der Waals surface area contributed by atoms with Gasteiger partial charge in [-0.05, 0) is 43.2 Å². The van der Waals surface area contributed by atoms with Crippen LogP contribution in [0.15, 0.2) is 47.3 Å². The van der Waals surface area contributed by atoms with E-state index < -0.39 is 5.56 Å². The lowest BCUT2D eigenvalue weighted by Crippen LogP contribution is -2.16. The summed E-state index contributed by atoms with van der Waals surface area (Å²) in [6.45, 7) is 3.95. The van der Waals surface area contributed by atoms with Gasteiger partial charge in [-0.1, -0.05) is 35.0 Å². The Morgan fingerprint density at radius 1 is 1.19 bits per heavy atom. The van der Waals surface area contributed by atoms with Gasteiger partial charge in [0.1, 0.15) is 11.6 Å². The molecule has 164 valence electrons. The van der Waals surface area contributed by atoms with Crippen LogP contribution in [-0.4, -0.2) is 36.6 Å². The molecule has 0 bridgehead atoms. The van der Waals surface area contributed by atoms with Crippen molar-refractivity contribution in [1.29, 1.82) is 0 Å². The number of rotatable bonds is 7. The predicted molar refractivity (Wildman–Crippen MR) is 122 cm³/mol. The van der Waals surface area contributed by atoms with Crippen LogP contribution in [0.5, 0.6) is 0 Å². The van der Waals surface area contributed by atoms with Crippen LogP contribution in [0.2, 0.25) is 0 Å². The molecule has 0 atom stereocenters. The molecule has 0 radical (unpaired) electrons. The number of amides is 1. The minimum Gasteiger partial charge on any atom is -0.325 e. The number of fused-ring (bicyclic) bond motifs is 1. The van der Waals surface area contributed by atoms with E-state index in [9.17, 15) is 14.0 Å². The van der Waals surface area contributed by atoms with E-state index in [0.29, 0.717) is 23.8 Å². The van der Waals surface area contributed by atoms with E-state index in [4.69, 9.17) is 0 Å². The Kier molecular flexibility index (Phi) is 6.31. The Morgan fingerprint density at radius 2 is 1.97 bits per heavy atom. The topological polar surface area (TPSA) is 106 Å². The van der Waals surface area contributed by atoms with Crippen LogP contribution in [0.3, 0.4) is 0 Å². The van der Waals surface area contributed by atoms with Crippen molar-refractivity contribution in [3.05, 3.63) is 81.2 Å². The molecular formula is C22H21FN6O2S. The number of hydrogen-bond donors (Lipinski definition) is 2. The highest BCUT2D eigenvalue weighted by molar-refractivity contribution is 7.99. The third-order valence-electron chi connectivity index (χ3n) is 4.81. The first-order valence-corrected chi connectivity index (χ1v) is 11.1. The van der Waals surface area contributed by atoms with E-state index in [2.05, 4.69) is 25.6 Å². The molecule has 2 N–H and O–H groups in total. The zero-order chi connectivity index (χ0) is 22.7. The lowest BCUT2D eigenvalue weighted by atomic mass is 10.1. The van der Waals surface area contributed by atoms with Gasteiger partial charge in [0.05, 0.1) is 11.6 Å². The van der Waals surface area contributed by atoms with Crippen molar-refractivity contribution in [3.63, 3.8) is 0 Å². The molecule has 4 aromatic rings. The van der Waals surface area contributed by atoms with Gasteiger partial charge in [-0.3, -0.25) is 9.59 Å². The normalized spacial score (nSPS) is 11.1. The third kappa shape index (κ3) is 5.02. The molecule has 0 spiro atoms.